The Hall–Kier alpha value is -1.34. The highest BCUT2D eigenvalue weighted by Gasteiger charge is 2.34. The third-order valence-electron chi connectivity index (χ3n) is 5.18. The van der Waals surface area contributed by atoms with E-state index in [0.717, 1.165) is 49.3 Å². The summed E-state index contributed by atoms with van der Waals surface area (Å²) in [5, 5.41) is 3.29. The van der Waals surface area contributed by atoms with E-state index in [4.69, 9.17) is 9.72 Å². The maximum Gasteiger partial charge on any atom is 0.242 e. The lowest BCUT2D eigenvalue weighted by Crippen LogP contribution is -2.57. The summed E-state index contributed by atoms with van der Waals surface area (Å²) in [6.07, 6.45) is 1.85. The van der Waals surface area contributed by atoms with Crippen LogP contribution in [0.25, 0.3) is 11.0 Å². The molecule has 0 aliphatic carbocycles. The minimum absolute atomic E-state index is 0. The monoisotopic (exact) mass is 400 g/mol. The Morgan fingerprint density at radius 3 is 2.65 bits per heavy atom. The number of morpholine rings is 1. The van der Waals surface area contributed by atoms with E-state index >= 15 is 0 Å². The van der Waals surface area contributed by atoms with Crippen molar-refractivity contribution >= 4 is 41.8 Å². The number of hydrogen-bond acceptors (Lipinski definition) is 4. The zero-order valence-electron chi connectivity index (χ0n) is 14.8. The third-order valence-corrected chi connectivity index (χ3v) is 5.18. The van der Waals surface area contributed by atoms with Crippen LogP contribution in [0.2, 0.25) is 0 Å². The molecule has 2 atom stereocenters. The normalized spacial score (nSPS) is 24.0. The van der Waals surface area contributed by atoms with Crippen LogP contribution >= 0.6 is 24.8 Å². The van der Waals surface area contributed by atoms with Gasteiger partial charge in [-0.25, -0.2) is 4.98 Å². The van der Waals surface area contributed by atoms with E-state index in [-0.39, 0.29) is 42.9 Å². The number of aromatic nitrogens is 2. The van der Waals surface area contributed by atoms with Gasteiger partial charge in [0, 0.05) is 25.6 Å². The standard InChI is InChI=1S/C18H24N4O2.2ClH/c1-12-16(19-8-11-24-12)18(23)22-9-6-13(7-10-22)17-20-14-4-2-3-5-15(14)21-17;;/h2-5,12-13,16,19H,6-11H2,1H3,(H,20,21);2*1H/t12-,16+;;/m1../s1. The van der Waals surface area contributed by atoms with Crippen LogP contribution in [0.4, 0.5) is 0 Å². The maximum absolute atomic E-state index is 12.7. The van der Waals surface area contributed by atoms with Crippen LogP contribution in [0.15, 0.2) is 24.3 Å². The Bertz CT molecular complexity index is 698. The number of carbonyl (C=O) groups excluding carboxylic acids is 1. The van der Waals surface area contributed by atoms with Crippen molar-refractivity contribution in [3.05, 3.63) is 30.1 Å². The van der Waals surface area contributed by atoms with Crippen LogP contribution in [0.5, 0.6) is 0 Å². The van der Waals surface area contributed by atoms with Gasteiger partial charge >= 0.3 is 0 Å². The summed E-state index contributed by atoms with van der Waals surface area (Å²) in [5.74, 6) is 1.62. The summed E-state index contributed by atoms with van der Waals surface area (Å²) in [7, 11) is 0. The Morgan fingerprint density at radius 1 is 1.23 bits per heavy atom. The molecule has 0 radical (unpaired) electrons. The highest BCUT2D eigenvalue weighted by atomic mass is 35.5. The van der Waals surface area contributed by atoms with Gasteiger partial charge in [0.25, 0.3) is 0 Å². The maximum atomic E-state index is 12.7. The van der Waals surface area contributed by atoms with Crippen LogP contribution in [0.1, 0.15) is 31.5 Å². The number of halogens is 2. The predicted molar refractivity (Wildman–Crippen MR) is 106 cm³/mol. The van der Waals surface area contributed by atoms with E-state index in [9.17, 15) is 4.79 Å². The van der Waals surface area contributed by atoms with Gasteiger partial charge in [-0.15, -0.1) is 24.8 Å². The van der Waals surface area contributed by atoms with Gasteiger partial charge in [0.1, 0.15) is 11.9 Å². The molecule has 2 N–H and O–H groups in total. The number of benzene rings is 1. The molecule has 26 heavy (non-hydrogen) atoms. The zero-order chi connectivity index (χ0) is 16.5. The third kappa shape index (κ3) is 4.14. The SMILES string of the molecule is C[C@H]1OCCN[C@@H]1C(=O)N1CCC(c2nc3ccccc3[nH]2)CC1.Cl.Cl. The lowest BCUT2D eigenvalue weighted by atomic mass is 9.95. The number of hydrogen-bond donors (Lipinski definition) is 2. The number of likely N-dealkylation sites (tertiary alicyclic amines) is 1. The number of nitrogens with zero attached hydrogens (tertiary/aromatic N) is 2. The lowest BCUT2D eigenvalue weighted by molar-refractivity contribution is -0.140. The van der Waals surface area contributed by atoms with E-state index in [0.29, 0.717) is 12.5 Å². The number of para-hydroxylation sites is 2. The number of rotatable bonds is 2. The van der Waals surface area contributed by atoms with E-state index in [1.54, 1.807) is 0 Å². The number of H-pyrrole nitrogens is 1. The van der Waals surface area contributed by atoms with Crippen molar-refractivity contribution in [1.29, 1.82) is 0 Å². The number of carbonyl (C=O) groups is 1. The highest BCUT2D eigenvalue weighted by molar-refractivity contribution is 5.85. The summed E-state index contributed by atoms with van der Waals surface area (Å²) in [6.45, 7) is 4.96. The summed E-state index contributed by atoms with van der Waals surface area (Å²) in [4.78, 5) is 22.8. The average Bonchev–Trinajstić information content (AvgIpc) is 3.06. The molecule has 3 heterocycles. The van der Waals surface area contributed by atoms with Gasteiger partial charge in [-0.05, 0) is 31.9 Å². The number of aromatic amines is 1. The second-order valence-corrected chi connectivity index (χ2v) is 6.75. The molecule has 2 fully saturated rings. The van der Waals surface area contributed by atoms with Crippen LogP contribution in [-0.2, 0) is 9.53 Å². The first kappa shape index (κ1) is 21.0. The molecule has 2 aromatic rings. The molecule has 4 rings (SSSR count). The molecule has 0 spiro atoms. The van der Waals surface area contributed by atoms with Gasteiger partial charge in [0.05, 0.1) is 23.7 Å². The van der Waals surface area contributed by atoms with E-state index < -0.39 is 0 Å². The Morgan fingerprint density at radius 2 is 1.96 bits per heavy atom. The first-order valence-electron chi connectivity index (χ1n) is 8.81. The molecule has 6 nitrogen and oxygen atoms in total. The minimum atomic E-state index is -0.207. The van der Waals surface area contributed by atoms with E-state index in [1.807, 2.05) is 30.0 Å². The van der Waals surface area contributed by atoms with Crippen molar-refractivity contribution in [1.82, 2.24) is 20.2 Å². The van der Waals surface area contributed by atoms with Crippen molar-refractivity contribution in [3.63, 3.8) is 0 Å². The lowest BCUT2D eigenvalue weighted by Gasteiger charge is -2.37. The van der Waals surface area contributed by atoms with Gasteiger partial charge in [0.2, 0.25) is 5.91 Å². The van der Waals surface area contributed by atoms with E-state index in [1.165, 1.54) is 0 Å². The average molecular weight is 401 g/mol. The second-order valence-electron chi connectivity index (χ2n) is 6.75. The van der Waals surface area contributed by atoms with Crippen molar-refractivity contribution in [2.75, 3.05) is 26.2 Å². The first-order valence-corrected chi connectivity index (χ1v) is 8.81. The fourth-order valence-electron chi connectivity index (χ4n) is 3.75. The molecule has 2 saturated heterocycles. The van der Waals surface area contributed by atoms with Gasteiger partial charge in [-0.1, -0.05) is 12.1 Å². The van der Waals surface area contributed by atoms with Crippen LogP contribution in [-0.4, -0.2) is 59.2 Å². The molecule has 1 aromatic heterocycles. The van der Waals surface area contributed by atoms with Crippen molar-refractivity contribution in [2.24, 2.45) is 0 Å². The second kappa shape index (κ2) is 9.04. The predicted octanol–water partition coefficient (Wildman–Crippen LogP) is 2.49. The summed E-state index contributed by atoms with van der Waals surface area (Å²) >= 11 is 0. The van der Waals surface area contributed by atoms with Crippen LogP contribution in [0.3, 0.4) is 0 Å². The van der Waals surface area contributed by atoms with Crippen LogP contribution < -0.4 is 5.32 Å². The number of imidazole rings is 1. The first-order chi connectivity index (χ1) is 11.7. The van der Waals surface area contributed by atoms with E-state index in [2.05, 4.69) is 16.4 Å². The number of ether oxygens (including phenoxy) is 1. The summed E-state index contributed by atoms with van der Waals surface area (Å²) in [5.41, 5.74) is 2.10. The Labute approximate surface area is 165 Å². The smallest absolute Gasteiger partial charge is 0.242 e. The number of piperidine rings is 1. The fourth-order valence-corrected chi connectivity index (χ4v) is 3.75. The molecular formula is C18H26Cl2N4O2. The molecule has 8 heteroatoms. The highest BCUT2D eigenvalue weighted by Crippen LogP contribution is 2.28. The number of nitrogens with one attached hydrogen (secondary N) is 2. The molecule has 1 amide bonds. The largest absolute Gasteiger partial charge is 0.375 e. The molecule has 0 saturated carbocycles. The Balaban J connectivity index is 0.00000121. The molecule has 144 valence electrons. The van der Waals surface area contributed by atoms with Gasteiger partial charge < -0.3 is 19.9 Å². The molecule has 2 aliphatic rings. The molecular weight excluding hydrogens is 375 g/mol. The molecule has 1 aromatic carbocycles. The topological polar surface area (TPSA) is 70.2 Å². The van der Waals surface area contributed by atoms with Crippen molar-refractivity contribution < 1.29 is 9.53 Å². The number of fused-ring (bicyclic) bond motifs is 1. The fraction of sp³-hybridized carbons (Fsp3) is 0.556. The molecule has 0 unspecified atom stereocenters. The zero-order valence-corrected chi connectivity index (χ0v) is 16.4. The summed E-state index contributed by atoms with van der Waals surface area (Å²) in [6, 6.07) is 7.91. The van der Waals surface area contributed by atoms with Crippen LogP contribution in [0, 0.1) is 0 Å². The Kier molecular flexibility index (Phi) is 7.29. The summed E-state index contributed by atoms with van der Waals surface area (Å²) < 4.78 is 5.60. The van der Waals surface area contributed by atoms with Gasteiger partial charge in [-0.3, -0.25) is 4.79 Å². The van der Waals surface area contributed by atoms with Crippen molar-refractivity contribution in [2.45, 2.75) is 37.8 Å². The quantitative estimate of drug-likeness (QED) is 0.812. The van der Waals surface area contributed by atoms with Crippen molar-refractivity contribution in [3.8, 4) is 0 Å². The molecule has 0 bridgehead atoms. The number of amides is 1. The minimum Gasteiger partial charge on any atom is -0.375 e. The molecule has 2 aliphatic heterocycles. The van der Waals surface area contributed by atoms with Gasteiger partial charge in [0.15, 0.2) is 0 Å². The van der Waals surface area contributed by atoms with Gasteiger partial charge in [-0.2, -0.15) is 0 Å².